The highest BCUT2D eigenvalue weighted by atomic mass is 19.2. The Bertz CT molecular complexity index is 929. The molecule has 0 aliphatic rings. The van der Waals surface area contributed by atoms with E-state index in [9.17, 15) is 13.6 Å². The van der Waals surface area contributed by atoms with Crippen LogP contribution >= 0.6 is 0 Å². The summed E-state index contributed by atoms with van der Waals surface area (Å²) < 4.78 is 26.1. The lowest BCUT2D eigenvalue weighted by molar-refractivity contribution is 0.0950. The molecule has 0 fully saturated rings. The zero-order valence-electron chi connectivity index (χ0n) is 14.0. The van der Waals surface area contributed by atoms with Crippen molar-refractivity contribution in [3.63, 3.8) is 0 Å². The molecule has 3 rings (SSSR count). The maximum atomic E-state index is 13.2. The second-order valence-electron chi connectivity index (χ2n) is 5.72. The first-order valence-electron chi connectivity index (χ1n) is 7.89. The molecule has 0 aliphatic carbocycles. The Morgan fingerprint density at radius 1 is 1.04 bits per heavy atom. The molecule has 5 nitrogen and oxygen atoms in total. The van der Waals surface area contributed by atoms with E-state index in [4.69, 9.17) is 0 Å². The Morgan fingerprint density at radius 2 is 1.81 bits per heavy atom. The van der Waals surface area contributed by atoms with Crippen LogP contribution in [0.4, 0.5) is 20.4 Å². The number of hydrogen-bond acceptors (Lipinski definition) is 4. The van der Waals surface area contributed by atoms with Crippen LogP contribution < -0.4 is 10.6 Å². The van der Waals surface area contributed by atoms with Gasteiger partial charge in [0.15, 0.2) is 11.6 Å². The normalized spacial score (nSPS) is 10.4. The summed E-state index contributed by atoms with van der Waals surface area (Å²) in [5, 5.41) is 5.54. The average molecular weight is 354 g/mol. The summed E-state index contributed by atoms with van der Waals surface area (Å²) in [5.41, 5.74) is 2.72. The molecule has 2 N–H and O–H groups in total. The first kappa shape index (κ1) is 17.5. The van der Waals surface area contributed by atoms with Crippen LogP contribution in [0.5, 0.6) is 0 Å². The molecule has 2 aromatic carbocycles. The lowest BCUT2D eigenvalue weighted by Crippen LogP contribution is -2.23. The second-order valence-corrected chi connectivity index (χ2v) is 5.72. The third kappa shape index (κ3) is 4.38. The second kappa shape index (κ2) is 7.69. The van der Waals surface area contributed by atoms with Crippen molar-refractivity contribution >= 4 is 17.5 Å². The number of carbonyl (C=O) groups excluding carboxylic acids is 1. The minimum Gasteiger partial charge on any atom is -0.348 e. The van der Waals surface area contributed by atoms with Crippen LogP contribution in [0.15, 0.2) is 54.9 Å². The Balaban J connectivity index is 1.61. The van der Waals surface area contributed by atoms with E-state index in [1.54, 1.807) is 0 Å². The zero-order chi connectivity index (χ0) is 18.5. The fourth-order valence-corrected chi connectivity index (χ4v) is 2.32. The molecule has 1 aromatic heterocycles. The lowest BCUT2D eigenvalue weighted by atomic mass is 10.1. The van der Waals surface area contributed by atoms with Gasteiger partial charge in [-0.25, -0.2) is 18.7 Å². The van der Waals surface area contributed by atoms with Crippen molar-refractivity contribution in [3.8, 4) is 0 Å². The summed E-state index contributed by atoms with van der Waals surface area (Å²) in [4.78, 5) is 20.2. The number of benzene rings is 2. The molecule has 26 heavy (non-hydrogen) atoms. The summed E-state index contributed by atoms with van der Waals surface area (Å²) in [6.45, 7) is 2.38. The summed E-state index contributed by atoms with van der Waals surface area (Å²) in [7, 11) is 0. The molecule has 0 spiro atoms. The molecular formula is C19H16F2N4O. The van der Waals surface area contributed by atoms with Gasteiger partial charge in [-0.3, -0.25) is 4.79 Å². The van der Waals surface area contributed by atoms with Crippen molar-refractivity contribution < 1.29 is 13.6 Å². The molecular weight excluding hydrogens is 338 g/mol. The molecule has 0 unspecified atom stereocenters. The van der Waals surface area contributed by atoms with Crippen molar-refractivity contribution in [3.05, 3.63) is 83.2 Å². The molecule has 0 atom stereocenters. The number of hydrogen-bond donors (Lipinski definition) is 2. The van der Waals surface area contributed by atoms with Gasteiger partial charge in [0.2, 0.25) is 5.95 Å². The number of rotatable bonds is 5. The molecule has 0 radical (unpaired) electrons. The number of nitrogens with zero attached hydrogens (tertiary/aromatic N) is 2. The van der Waals surface area contributed by atoms with Gasteiger partial charge >= 0.3 is 0 Å². The maximum Gasteiger partial charge on any atom is 0.254 e. The molecule has 0 aliphatic heterocycles. The van der Waals surface area contributed by atoms with Crippen molar-refractivity contribution in [1.82, 2.24) is 15.3 Å². The van der Waals surface area contributed by atoms with Gasteiger partial charge in [0.05, 0.1) is 5.56 Å². The summed E-state index contributed by atoms with van der Waals surface area (Å²) in [5.74, 6) is -2.03. The first-order valence-corrected chi connectivity index (χ1v) is 7.89. The maximum absolute atomic E-state index is 13.2. The Morgan fingerprint density at radius 3 is 2.50 bits per heavy atom. The fourth-order valence-electron chi connectivity index (χ4n) is 2.32. The van der Waals surface area contributed by atoms with E-state index in [0.29, 0.717) is 17.8 Å². The summed E-state index contributed by atoms with van der Waals surface area (Å²) in [6, 6.07) is 11.2. The highest BCUT2D eigenvalue weighted by molar-refractivity contribution is 5.93. The van der Waals surface area contributed by atoms with Gasteiger partial charge in [-0.2, -0.15) is 0 Å². The minimum atomic E-state index is -0.970. The number of aryl methyl sites for hydroxylation is 1. The number of anilines is 2. The van der Waals surface area contributed by atoms with Gasteiger partial charge < -0.3 is 10.6 Å². The SMILES string of the molecule is Cc1cccc(CNC(=O)c2cnc(Nc3ccc(F)c(F)c3)nc2)c1. The number of halogens is 2. The molecule has 132 valence electrons. The topological polar surface area (TPSA) is 66.9 Å². The van der Waals surface area contributed by atoms with Crippen LogP contribution in [0.3, 0.4) is 0 Å². The van der Waals surface area contributed by atoms with Gasteiger partial charge in [-0.15, -0.1) is 0 Å². The van der Waals surface area contributed by atoms with E-state index >= 15 is 0 Å². The van der Waals surface area contributed by atoms with Crippen LogP contribution in [-0.2, 0) is 6.54 Å². The predicted octanol–water partition coefficient (Wildman–Crippen LogP) is 3.74. The van der Waals surface area contributed by atoms with Crippen molar-refractivity contribution in [2.75, 3.05) is 5.32 Å². The van der Waals surface area contributed by atoms with Crippen LogP contribution in [0, 0.1) is 18.6 Å². The van der Waals surface area contributed by atoms with Gasteiger partial charge in [-0.05, 0) is 24.6 Å². The van der Waals surface area contributed by atoms with E-state index in [2.05, 4.69) is 20.6 Å². The molecule has 1 amide bonds. The van der Waals surface area contributed by atoms with Gasteiger partial charge in [0.1, 0.15) is 0 Å². The predicted molar refractivity (Wildman–Crippen MR) is 94.0 cm³/mol. The molecule has 0 saturated heterocycles. The number of nitrogens with one attached hydrogen (secondary N) is 2. The van der Waals surface area contributed by atoms with Crippen molar-refractivity contribution in [1.29, 1.82) is 0 Å². The molecule has 0 saturated carbocycles. The van der Waals surface area contributed by atoms with Gasteiger partial charge in [-0.1, -0.05) is 29.8 Å². The van der Waals surface area contributed by atoms with Gasteiger partial charge in [0, 0.05) is 30.7 Å². The van der Waals surface area contributed by atoms with Crippen LogP contribution in [-0.4, -0.2) is 15.9 Å². The van der Waals surface area contributed by atoms with E-state index in [-0.39, 0.29) is 11.9 Å². The van der Waals surface area contributed by atoms with Crippen molar-refractivity contribution in [2.24, 2.45) is 0 Å². The largest absolute Gasteiger partial charge is 0.348 e. The first-order chi connectivity index (χ1) is 12.5. The quantitative estimate of drug-likeness (QED) is 0.733. The van der Waals surface area contributed by atoms with Crippen molar-refractivity contribution in [2.45, 2.75) is 13.5 Å². The minimum absolute atomic E-state index is 0.172. The Hall–Kier alpha value is -3.35. The molecule has 3 aromatic rings. The van der Waals surface area contributed by atoms with Gasteiger partial charge in [0.25, 0.3) is 5.91 Å². The number of amides is 1. The standard InChI is InChI=1S/C19H16F2N4O/c1-12-3-2-4-13(7-12)9-22-18(26)14-10-23-19(24-11-14)25-15-5-6-16(20)17(21)8-15/h2-8,10-11H,9H2,1H3,(H,22,26)(H,23,24,25). The Labute approximate surface area is 149 Å². The van der Waals surface area contributed by atoms with Crippen LogP contribution in [0.2, 0.25) is 0 Å². The van der Waals surface area contributed by atoms with E-state index in [0.717, 1.165) is 23.3 Å². The van der Waals surface area contributed by atoms with Crippen LogP contribution in [0.25, 0.3) is 0 Å². The smallest absolute Gasteiger partial charge is 0.254 e. The van der Waals surface area contributed by atoms with Crippen LogP contribution in [0.1, 0.15) is 21.5 Å². The monoisotopic (exact) mass is 354 g/mol. The highest BCUT2D eigenvalue weighted by Crippen LogP contribution is 2.16. The third-order valence-electron chi connectivity index (χ3n) is 3.63. The fraction of sp³-hybridized carbons (Fsp3) is 0.105. The van der Waals surface area contributed by atoms with E-state index in [1.165, 1.54) is 18.5 Å². The van der Waals surface area contributed by atoms with E-state index in [1.807, 2.05) is 31.2 Å². The number of aromatic nitrogens is 2. The summed E-state index contributed by atoms with van der Waals surface area (Å²) in [6.07, 6.45) is 2.72. The zero-order valence-corrected chi connectivity index (χ0v) is 14.0. The molecule has 7 heteroatoms. The average Bonchev–Trinajstić information content (AvgIpc) is 2.63. The molecule has 1 heterocycles. The highest BCUT2D eigenvalue weighted by Gasteiger charge is 2.08. The molecule has 0 bridgehead atoms. The third-order valence-corrected chi connectivity index (χ3v) is 3.63. The lowest BCUT2D eigenvalue weighted by Gasteiger charge is -2.07. The number of carbonyl (C=O) groups is 1. The van der Waals surface area contributed by atoms with E-state index < -0.39 is 11.6 Å². The summed E-state index contributed by atoms with van der Waals surface area (Å²) >= 11 is 0. The Kier molecular flexibility index (Phi) is 5.17.